The summed E-state index contributed by atoms with van der Waals surface area (Å²) in [5.74, 6) is 1.98. The summed E-state index contributed by atoms with van der Waals surface area (Å²) in [5, 5.41) is 40.5. The molecule has 7 atom stereocenters. The van der Waals surface area contributed by atoms with Crippen LogP contribution in [0.2, 0.25) is 0 Å². The highest BCUT2D eigenvalue weighted by Gasteiger charge is 2.50. The molecule has 0 aromatic carbocycles. The summed E-state index contributed by atoms with van der Waals surface area (Å²) in [5.41, 5.74) is 2.83. The SMILES string of the molecule is C=C1/C(=C/C=C2\CCC[C@]3(C)[C@@H]([C@H](C)CCCC(C)(C)O)CC[C@@H]23)C[C@@H](O)[C@@H](OCCCCO)[C@@H]1O. The summed E-state index contributed by atoms with van der Waals surface area (Å²) in [6, 6.07) is 0. The van der Waals surface area contributed by atoms with E-state index in [9.17, 15) is 15.3 Å². The molecule has 3 fully saturated rings. The van der Waals surface area contributed by atoms with Gasteiger partial charge in [0.05, 0.1) is 11.7 Å². The second kappa shape index (κ2) is 12.7. The first-order valence-corrected chi connectivity index (χ1v) is 14.4. The first kappa shape index (κ1) is 29.6. The van der Waals surface area contributed by atoms with Gasteiger partial charge in [0.25, 0.3) is 0 Å². The van der Waals surface area contributed by atoms with Gasteiger partial charge in [-0.15, -0.1) is 0 Å². The first-order valence-electron chi connectivity index (χ1n) is 14.4. The van der Waals surface area contributed by atoms with Crippen LogP contribution in [0.25, 0.3) is 0 Å². The largest absolute Gasteiger partial charge is 0.396 e. The van der Waals surface area contributed by atoms with Gasteiger partial charge in [-0.3, -0.25) is 0 Å². The highest BCUT2D eigenvalue weighted by atomic mass is 16.5. The van der Waals surface area contributed by atoms with Crippen molar-refractivity contribution in [2.24, 2.45) is 23.2 Å². The maximum Gasteiger partial charge on any atom is 0.114 e. The molecular formula is C31H52O5. The molecule has 3 saturated carbocycles. The molecule has 5 nitrogen and oxygen atoms in total. The molecule has 0 aliphatic heterocycles. The molecule has 3 aliphatic rings. The van der Waals surface area contributed by atoms with E-state index in [1.165, 1.54) is 37.7 Å². The van der Waals surface area contributed by atoms with Gasteiger partial charge in [0, 0.05) is 19.6 Å². The average Bonchev–Trinajstić information content (AvgIpc) is 3.16. The van der Waals surface area contributed by atoms with Crippen LogP contribution in [0.15, 0.2) is 35.5 Å². The molecule has 0 unspecified atom stereocenters. The number of hydrogen-bond donors (Lipinski definition) is 4. The fraction of sp³-hybridized carbons (Fsp3) is 0.806. The third kappa shape index (κ3) is 7.11. The van der Waals surface area contributed by atoms with Gasteiger partial charge in [-0.25, -0.2) is 0 Å². The van der Waals surface area contributed by atoms with Crippen molar-refractivity contribution in [2.45, 2.75) is 122 Å². The van der Waals surface area contributed by atoms with Crippen LogP contribution >= 0.6 is 0 Å². The molecule has 0 aromatic heterocycles. The molecule has 36 heavy (non-hydrogen) atoms. The zero-order valence-corrected chi connectivity index (χ0v) is 23.2. The fourth-order valence-corrected chi connectivity index (χ4v) is 7.36. The molecule has 0 amide bonds. The van der Waals surface area contributed by atoms with E-state index < -0.39 is 23.9 Å². The Morgan fingerprint density at radius 3 is 2.61 bits per heavy atom. The lowest BCUT2D eigenvalue weighted by atomic mass is 9.60. The number of aliphatic hydroxyl groups is 4. The van der Waals surface area contributed by atoms with E-state index in [4.69, 9.17) is 9.84 Å². The predicted octanol–water partition coefficient (Wildman–Crippen LogP) is 5.47. The standard InChI is InChI=1S/C31H52O5/c1-21(10-8-16-30(3,4)35)25-14-15-26-23(11-9-17-31(25,26)5)12-13-24-20-27(33)29(28(34)22(24)2)36-19-7-6-18-32/h12-13,21,25-29,32-35H,2,6-11,14-20H2,1,3-5H3/b23-12+,24-13+/t21-,25-,26+,27-,28-,29-,31-/m1/s1. The minimum atomic E-state index is -0.912. The zero-order valence-electron chi connectivity index (χ0n) is 23.2. The number of unbranched alkanes of at least 4 members (excludes halogenated alkanes) is 1. The highest BCUT2D eigenvalue weighted by Crippen LogP contribution is 2.60. The third-order valence-corrected chi connectivity index (χ3v) is 9.42. The van der Waals surface area contributed by atoms with Crippen molar-refractivity contribution in [3.05, 3.63) is 35.5 Å². The normalized spacial score (nSPS) is 36.4. The Bertz CT molecular complexity index is 793. The Balaban J connectivity index is 1.65. The Labute approximate surface area is 219 Å². The summed E-state index contributed by atoms with van der Waals surface area (Å²) in [4.78, 5) is 0. The minimum Gasteiger partial charge on any atom is -0.396 e. The van der Waals surface area contributed by atoms with Crippen LogP contribution in [0, 0.1) is 23.2 Å². The van der Waals surface area contributed by atoms with Gasteiger partial charge in [0.2, 0.25) is 0 Å². The molecular weight excluding hydrogens is 452 g/mol. The van der Waals surface area contributed by atoms with E-state index >= 15 is 0 Å². The first-order chi connectivity index (χ1) is 17.0. The number of allylic oxidation sites excluding steroid dienone is 3. The van der Waals surface area contributed by atoms with E-state index in [1.807, 2.05) is 13.8 Å². The Kier molecular flexibility index (Phi) is 10.4. The van der Waals surface area contributed by atoms with Crippen molar-refractivity contribution in [2.75, 3.05) is 13.2 Å². The lowest BCUT2D eigenvalue weighted by Gasteiger charge is -2.44. The van der Waals surface area contributed by atoms with Crippen molar-refractivity contribution in [3.63, 3.8) is 0 Å². The van der Waals surface area contributed by atoms with Gasteiger partial charge < -0.3 is 25.2 Å². The van der Waals surface area contributed by atoms with Crippen molar-refractivity contribution in [3.8, 4) is 0 Å². The average molecular weight is 505 g/mol. The van der Waals surface area contributed by atoms with Gasteiger partial charge in [-0.1, -0.05) is 51.0 Å². The fourth-order valence-electron chi connectivity index (χ4n) is 7.36. The summed E-state index contributed by atoms with van der Waals surface area (Å²) < 4.78 is 5.74. The monoisotopic (exact) mass is 504 g/mol. The molecule has 0 aromatic rings. The molecule has 4 N–H and O–H groups in total. The van der Waals surface area contributed by atoms with E-state index in [2.05, 4.69) is 32.6 Å². The molecule has 0 radical (unpaired) electrons. The third-order valence-electron chi connectivity index (χ3n) is 9.42. The molecule has 0 bridgehead atoms. The van der Waals surface area contributed by atoms with E-state index in [1.54, 1.807) is 0 Å². The number of ether oxygens (including phenoxy) is 1. The number of aliphatic hydroxyl groups excluding tert-OH is 3. The molecule has 0 saturated heterocycles. The summed E-state index contributed by atoms with van der Waals surface area (Å²) in [6.07, 6.45) is 13.1. The molecule has 0 heterocycles. The molecule has 3 rings (SSSR count). The lowest BCUT2D eigenvalue weighted by Crippen LogP contribution is -2.45. The smallest absolute Gasteiger partial charge is 0.114 e. The number of rotatable bonds is 11. The molecule has 3 aliphatic carbocycles. The zero-order chi connectivity index (χ0) is 26.5. The van der Waals surface area contributed by atoms with Gasteiger partial charge in [-0.2, -0.15) is 0 Å². The van der Waals surface area contributed by atoms with Crippen LogP contribution in [0.1, 0.15) is 98.3 Å². The quantitative estimate of drug-likeness (QED) is 0.280. The number of hydrogen-bond acceptors (Lipinski definition) is 5. The Morgan fingerprint density at radius 2 is 1.92 bits per heavy atom. The van der Waals surface area contributed by atoms with E-state index in [0.717, 1.165) is 30.8 Å². The maximum absolute atomic E-state index is 10.8. The van der Waals surface area contributed by atoms with Crippen LogP contribution < -0.4 is 0 Å². The van der Waals surface area contributed by atoms with Gasteiger partial charge >= 0.3 is 0 Å². The van der Waals surface area contributed by atoms with Crippen molar-refractivity contribution >= 4 is 0 Å². The van der Waals surface area contributed by atoms with Crippen molar-refractivity contribution < 1.29 is 25.2 Å². The lowest BCUT2D eigenvalue weighted by molar-refractivity contribution is -0.0958. The van der Waals surface area contributed by atoms with Crippen LogP contribution in [-0.4, -0.2) is 57.6 Å². The van der Waals surface area contributed by atoms with E-state index in [0.29, 0.717) is 48.7 Å². The number of fused-ring (bicyclic) bond motifs is 1. The van der Waals surface area contributed by atoms with Crippen LogP contribution in [0.5, 0.6) is 0 Å². The predicted molar refractivity (Wildman–Crippen MR) is 145 cm³/mol. The molecule has 0 spiro atoms. The van der Waals surface area contributed by atoms with E-state index in [-0.39, 0.29) is 6.61 Å². The van der Waals surface area contributed by atoms with Crippen LogP contribution in [-0.2, 0) is 4.74 Å². The van der Waals surface area contributed by atoms with Gasteiger partial charge in [0.15, 0.2) is 0 Å². The molecule has 5 heteroatoms. The van der Waals surface area contributed by atoms with Gasteiger partial charge in [0.1, 0.15) is 12.2 Å². The highest BCUT2D eigenvalue weighted by molar-refractivity contribution is 5.40. The van der Waals surface area contributed by atoms with Crippen LogP contribution in [0.3, 0.4) is 0 Å². The Morgan fingerprint density at radius 1 is 1.17 bits per heavy atom. The summed E-state index contributed by atoms with van der Waals surface area (Å²) in [6.45, 7) is 13.4. The van der Waals surface area contributed by atoms with Crippen molar-refractivity contribution in [1.82, 2.24) is 0 Å². The second-order valence-electron chi connectivity index (χ2n) is 12.7. The summed E-state index contributed by atoms with van der Waals surface area (Å²) >= 11 is 0. The maximum atomic E-state index is 10.8. The minimum absolute atomic E-state index is 0.120. The second-order valence-corrected chi connectivity index (χ2v) is 12.7. The summed E-state index contributed by atoms with van der Waals surface area (Å²) in [7, 11) is 0. The van der Waals surface area contributed by atoms with Gasteiger partial charge in [-0.05, 0) is 99.5 Å². The van der Waals surface area contributed by atoms with Crippen molar-refractivity contribution in [1.29, 1.82) is 0 Å². The topological polar surface area (TPSA) is 90.2 Å². The molecule has 206 valence electrons. The Hall–Kier alpha value is -0.980. The van der Waals surface area contributed by atoms with Crippen LogP contribution in [0.4, 0.5) is 0 Å².